The molecule has 2 aliphatic carbocycles. The molecule has 4 fully saturated rings. The van der Waals surface area contributed by atoms with Gasteiger partial charge in [0.15, 0.2) is 0 Å². The zero-order chi connectivity index (χ0) is 23.1. The van der Waals surface area contributed by atoms with E-state index in [2.05, 4.69) is 22.3 Å². The van der Waals surface area contributed by atoms with Gasteiger partial charge in [0, 0.05) is 28.3 Å². The SMILES string of the molecule is O=S1CC2(CC2)c2nc(N3C4CCC3CC(c3ccc(Cl)cc3)C4)nc(NC3(CO)CCC3)c21. The molecular formula is C26H31ClN4O2S. The van der Waals surface area contributed by atoms with E-state index in [9.17, 15) is 9.32 Å². The summed E-state index contributed by atoms with van der Waals surface area (Å²) < 4.78 is 13.2. The molecule has 4 heterocycles. The highest BCUT2D eigenvalue weighted by atomic mass is 35.5. The van der Waals surface area contributed by atoms with Crippen molar-refractivity contribution in [1.29, 1.82) is 0 Å². The summed E-state index contributed by atoms with van der Waals surface area (Å²) in [7, 11) is -1.08. The molecule has 1 spiro atoms. The second-order valence-corrected chi connectivity index (χ2v) is 13.1. The smallest absolute Gasteiger partial charge is 0.228 e. The molecule has 2 saturated carbocycles. The van der Waals surface area contributed by atoms with Gasteiger partial charge >= 0.3 is 0 Å². The van der Waals surface area contributed by atoms with Crippen molar-refractivity contribution in [3.63, 3.8) is 0 Å². The van der Waals surface area contributed by atoms with Crippen LogP contribution in [0.2, 0.25) is 5.02 Å². The summed E-state index contributed by atoms with van der Waals surface area (Å²) in [6, 6.07) is 9.19. The number of nitrogens with zero attached hydrogens (tertiary/aromatic N) is 3. The van der Waals surface area contributed by atoms with E-state index in [0.29, 0.717) is 23.8 Å². The molecule has 0 amide bonds. The Morgan fingerprint density at radius 1 is 1.09 bits per heavy atom. The van der Waals surface area contributed by atoms with Crippen LogP contribution in [0.25, 0.3) is 0 Å². The normalized spacial score (nSPS) is 31.9. The van der Waals surface area contributed by atoms with Gasteiger partial charge in [-0.15, -0.1) is 0 Å². The fourth-order valence-electron chi connectivity index (χ4n) is 6.83. The molecule has 2 aromatic rings. The first-order chi connectivity index (χ1) is 16.5. The first-order valence-electron chi connectivity index (χ1n) is 12.7. The van der Waals surface area contributed by atoms with Crippen LogP contribution in [-0.2, 0) is 16.2 Å². The summed E-state index contributed by atoms with van der Waals surface area (Å²) in [5, 5.41) is 14.5. The zero-order valence-corrected chi connectivity index (χ0v) is 20.9. The van der Waals surface area contributed by atoms with Gasteiger partial charge < -0.3 is 15.3 Å². The number of nitrogens with one attached hydrogen (secondary N) is 1. The van der Waals surface area contributed by atoms with Gasteiger partial charge in [-0.1, -0.05) is 23.7 Å². The molecule has 2 saturated heterocycles. The van der Waals surface area contributed by atoms with Crippen molar-refractivity contribution in [3.05, 3.63) is 40.5 Å². The third-order valence-electron chi connectivity index (χ3n) is 9.15. The molecule has 2 bridgehead atoms. The maximum Gasteiger partial charge on any atom is 0.228 e. The minimum Gasteiger partial charge on any atom is -0.394 e. The summed E-state index contributed by atoms with van der Waals surface area (Å²) in [5.41, 5.74) is 2.05. The molecule has 3 atom stereocenters. The van der Waals surface area contributed by atoms with Crippen molar-refractivity contribution < 1.29 is 9.32 Å². The minimum absolute atomic E-state index is 0.0129. The minimum atomic E-state index is -1.08. The summed E-state index contributed by atoms with van der Waals surface area (Å²) in [5.74, 6) is 2.73. The zero-order valence-electron chi connectivity index (χ0n) is 19.3. The lowest BCUT2D eigenvalue weighted by Gasteiger charge is -2.42. The Hall–Kier alpha value is -1.70. The molecule has 7 rings (SSSR count). The van der Waals surface area contributed by atoms with Crippen LogP contribution >= 0.6 is 11.6 Å². The number of piperidine rings is 1. The van der Waals surface area contributed by atoms with E-state index >= 15 is 0 Å². The number of aromatic nitrogens is 2. The molecule has 34 heavy (non-hydrogen) atoms. The standard InChI is InChI=1S/C26H31ClN4O2S/c27-18-4-2-16(3-5-18)17-12-19-6-7-20(13-17)31(19)24-28-22-21(34(33)15-25(22)10-11-25)23(29-24)30-26(14-32)8-1-9-26/h2-5,17,19-20,32H,1,6-15H2,(H,28,29,30). The van der Waals surface area contributed by atoms with Crippen molar-refractivity contribution in [1.82, 2.24) is 9.97 Å². The average molecular weight is 499 g/mol. The summed E-state index contributed by atoms with van der Waals surface area (Å²) in [4.78, 5) is 13.5. The van der Waals surface area contributed by atoms with Crippen molar-refractivity contribution in [2.75, 3.05) is 22.6 Å². The topological polar surface area (TPSA) is 78.4 Å². The van der Waals surface area contributed by atoms with E-state index in [1.807, 2.05) is 12.1 Å². The maximum atomic E-state index is 13.2. The summed E-state index contributed by atoms with van der Waals surface area (Å²) >= 11 is 6.13. The quantitative estimate of drug-likeness (QED) is 0.630. The van der Waals surface area contributed by atoms with E-state index in [0.717, 1.165) is 85.2 Å². The Kier molecular flexibility index (Phi) is 4.85. The molecule has 1 aromatic heterocycles. The second-order valence-electron chi connectivity index (χ2n) is 11.2. The fraction of sp³-hybridized carbons (Fsp3) is 0.615. The van der Waals surface area contributed by atoms with Gasteiger partial charge in [0.25, 0.3) is 0 Å². The molecule has 8 heteroatoms. The van der Waals surface area contributed by atoms with Gasteiger partial charge in [-0.25, -0.2) is 4.98 Å². The molecule has 2 N–H and O–H groups in total. The molecular weight excluding hydrogens is 468 g/mol. The molecule has 5 aliphatic rings. The predicted octanol–water partition coefficient (Wildman–Crippen LogP) is 4.52. The number of hydrogen-bond acceptors (Lipinski definition) is 6. The molecule has 180 valence electrons. The van der Waals surface area contributed by atoms with Crippen LogP contribution in [-0.4, -0.2) is 49.3 Å². The maximum absolute atomic E-state index is 13.2. The molecule has 1 aromatic carbocycles. The molecule has 0 radical (unpaired) electrons. The average Bonchev–Trinajstić information content (AvgIpc) is 3.46. The molecule has 3 unspecified atom stereocenters. The Morgan fingerprint density at radius 3 is 2.38 bits per heavy atom. The van der Waals surface area contributed by atoms with Crippen molar-refractivity contribution in [2.45, 2.75) is 91.6 Å². The molecule has 6 nitrogen and oxygen atoms in total. The largest absolute Gasteiger partial charge is 0.394 e. The van der Waals surface area contributed by atoms with Crippen molar-refractivity contribution >= 4 is 34.2 Å². The van der Waals surface area contributed by atoms with Crippen LogP contribution in [0, 0.1) is 0 Å². The summed E-state index contributed by atoms with van der Waals surface area (Å²) in [6.07, 6.45) is 9.60. The monoisotopic (exact) mass is 498 g/mol. The number of anilines is 2. The fourth-order valence-corrected chi connectivity index (χ4v) is 8.81. The van der Waals surface area contributed by atoms with E-state index in [1.54, 1.807) is 0 Å². The Labute approximate surface area is 208 Å². The first-order valence-corrected chi connectivity index (χ1v) is 14.4. The van der Waals surface area contributed by atoms with Gasteiger partial charge in [0.05, 0.1) is 28.6 Å². The van der Waals surface area contributed by atoms with Crippen LogP contribution in [0.15, 0.2) is 29.2 Å². The van der Waals surface area contributed by atoms with Crippen LogP contribution in [0.5, 0.6) is 0 Å². The van der Waals surface area contributed by atoms with Gasteiger partial charge in [-0.3, -0.25) is 4.21 Å². The first kappa shape index (κ1) is 21.6. The Morgan fingerprint density at radius 2 is 1.79 bits per heavy atom. The van der Waals surface area contributed by atoms with Gasteiger partial charge in [-0.05, 0) is 81.4 Å². The van der Waals surface area contributed by atoms with Crippen molar-refractivity contribution in [2.24, 2.45) is 0 Å². The number of fused-ring (bicyclic) bond motifs is 4. The van der Waals surface area contributed by atoms with Crippen LogP contribution in [0.1, 0.15) is 75.0 Å². The lowest BCUT2D eigenvalue weighted by Crippen LogP contribution is -2.49. The summed E-state index contributed by atoms with van der Waals surface area (Å²) in [6.45, 7) is 0.0800. The van der Waals surface area contributed by atoms with Gasteiger partial charge in [0.1, 0.15) is 10.7 Å². The highest BCUT2D eigenvalue weighted by Crippen LogP contribution is 2.57. The lowest BCUT2D eigenvalue weighted by atomic mass is 9.77. The van der Waals surface area contributed by atoms with Gasteiger partial charge in [0.2, 0.25) is 5.95 Å². The van der Waals surface area contributed by atoms with E-state index in [-0.39, 0.29) is 17.6 Å². The number of benzene rings is 1. The number of rotatable bonds is 5. The molecule has 3 aliphatic heterocycles. The highest BCUT2D eigenvalue weighted by molar-refractivity contribution is 7.85. The Bertz CT molecular complexity index is 1140. The van der Waals surface area contributed by atoms with E-state index in [4.69, 9.17) is 21.6 Å². The van der Waals surface area contributed by atoms with Crippen LogP contribution < -0.4 is 10.2 Å². The number of aliphatic hydroxyl groups is 1. The second kappa shape index (κ2) is 7.65. The number of halogens is 1. The third-order valence-corrected chi connectivity index (χ3v) is 11.1. The lowest BCUT2D eigenvalue weighted by molar-refractivity contribution is 0.143. The van der Waals surface area contributed by atoms with Crippen LogP contribution in [0.4, 0.5) is 11.8 Å². The van der Waals surface area contributed by atoms with Crippen LogP contribution in [0.3, 0.4) is 0 Å². The number of hydrogen-bond donors (Lipinski definition) is 2. The van der Waals surface area contributed by atoms with Gasteiger partial charge in [-0.2, -0.15) is 4.98 Å². The highest BCUT2D eigenvalue weighted by Gasteiger charge is 2.56. The number of aliphatic hydroxyl groups excluding tert-OH is 1. The van der Waals surface area contributed by atoms with E-state index in [1.165, 1.54) is 5.56 Å². The third kappa shape index (κ3) is 3.26. The van der Waals surface area contributed by atoms with Crippen molar-refractivity contribution in [3.8, 4) is 0 Å². The predicted molar refractivity (Wildman–Crippen MR) is 134 cm³/mol. The Balaban J connectivity index is 1.25. The van der Waals surface area contributed by atoms with E-state index < -0.39 is 10.8 Å².